The van der Waals surface area contributed by atoms with Gasteiger partial charge in [-0.2, -0.15) is 0 Å². The zero-order valence-corrected chi connectivity index (χ0v) is 14.8. The Labute approximate surface area is 145 Å². The highest BCUT2D eigenvalue weighted by Gasteiger charge is 2.47. The smallest absolute Gasteiger partial charge is 0.184 e. The Bertz CT molecular complexity index is 337. The molecule has 0 spiro atoms. The lowest BCUT2D eigenvalue weighted by Crippen LogP contribution is -2.62. The van der Waals surface area contributed by atoms with Crippen molar-refractivity contribution < 1.29 is 29.5 Å². The van der Waals surface area contributed by atoms with Gasteiger partial charge in [0.15, 0.2) is 12.6 Å². The number of fused-ring (bicyclic) bond motifs is 1. The van der Waals surface area contributed by atoms with E-state index in [4.69, 9.17) is 14.2 Å². The van der Waals surface area contributed by atoms with Gasteiger partial charge in [-0.25, -0.2) is 0 Å². The van der Waals surface area contributed by atoms with Crippen LogP contribution in [0.4, 0.5) is 0 Å². The molecule has 2 aliphatic heterocycles. The molecule has 6 atom stereocenters. The summed E-state index contributed by atoms with van der Waals surface area (Å²) in [5, 5.41) is 29.2. The lowest BCUT2D eigenvalue weighted by atomic mass is 9.98. The average Bonchev–Trinajstić information content (AvgIpc) is 2.59. The second-order valence-electron chi connectivity index (χ2n) is 7.03. The SMILES string of the molecule is CCCCCCCCCCC[C@@H]1OC[C@H]2OC(O)[C@H](O)[C@@H](O)[C@@H]2O1. The third kappa shape index (κ3) is 5.93. The standard InChI is InChI=1S/C18H34O6/c1-2-3-4-5-6-7-8-9-10-11-14-22-12-13-17(24-14)15(19)16(20)18(21)23-13/h13-21H,2-12H2,1H3/t13-,14-,15-,16-,17-,18?/m1/s1. The van der Waals surface area contributed by atoms with Crippen LogP contribution in [0.3, 0.4) is 0 Å². The van der Waals surface area contributed by atoms with Crippen molar-refractivity contribution in [2.45, 2.75) is 108 Å². The van der Waals surface area contributed by atoms with Crippen molar-refractivity contribution in [2.24, 2.45) is 0 Å². The molecule has 0 aromatic carbocycles. The van der Waals surface area contributed by atoms with E-state index in [2.05, 4.69) is 6.92 Å². The van der Waals surface area contributed by atoms with Crippen LogP contribution in [0.15, 0.2) is 0 Å². The summed E-state index contributed by atoms with van der Waals surface area (Å²) in [7, 11) is 0. The van der Waals surface area contributed by atoms with Crippen molar-refractivity contribution in [3.8, 4) is 0 Å². The van der Waals surface area contributed by atoms with Crippen molar-refractivity contribution >= 4 is 0 Å². The van der Waals surface area contributed by atoms with Gasteiger partial charge >= 0.3 is 0 Å². The summed E-state index contributed by atoms with van der Waals surface area (Å²) in [5.74, 6) is 0. The highest BCUT2D eigenvalue weighted by Crippen LogP contribution is 2.29. The normalized spacial score (nSPS) is 36.5. The summed E-state index contributed by atoms with van der Waals surface area (Å²) in [5.41, 5.74) is 0. The first-order chi connectivity index (χ1) is 11.6. The fourth-order valence-electron chi connectivity index (χ4n) is 3.41. The summed E-state index contributed by atoms with van der Waals surface area (Å²) in [6, 6.07) is 0. The van der Waals surface area contributed by atoms with E-state index in [-0.39, 0.29) is 12.9 Å². The van der Waals surface area contributed by atoms with Crippen LogP contribution in [0, 0.1) is 0 Å². The fraction of sp³-hybridized carbons (Fsp3) is 1.00. The Morgan fingerprint density at radius 3 is 2.08 bits per heavy atom. The van der Waals surface area contributed by atoms with Crippen LogP contribution in [0.2, 0.25) is 0 Å². The molecule has 2 saturated heterocycles. The molecule has 142 valence electrons. The number of hydrogen-bond donors (Lipinski definition) is 3. The van der Waals surface area contributed by atoms with Crippen molar-refractivity contribution in [2.75, 3.05) is 6.61 Å². The van der Waals surface area contributed by atoms with Crippen LogP contribution in [0.5, 0.6) is 0 Å². The van der Waals surface area contributed by atoms with E-state index < -0.39 is 30.7 Å². The average molecular weight is 346 g/mol. The van der Waals surface area contributed by atoms with Crippen LogP contribution in [-0.4, -0.2) is 58.9 Å². The van der Waals surface area contributed by atoms with Gasteiger partial charge in [-0.05, 0) is 12.8 Å². The molecule has 2 rings (SSSR count). The van der Waals surface area contributed by atoms with Gasteiger partial charge in [0.25, 0.3) is 0 Å². The van der Waals surface area contributed by atoms with Crippen molar-refractivity contribution in [1.82, 2.24) is 0 Å². The van der Waals surface area contributed by atoms with Crippen molar-refractivity contribution in [1.29, 1.82) is 0 Å². The maximum Gasteiger partial charge on any atom is 0.184 e. The molecular formula is C18H34O6. The van der Waals surface area contributed by atoms with Gasteiger partial charge < -0.3 is 29.5 Å². The fourth-order valence-corrected chi connectivity index (χ4v) is 3.41. The maximum absolute atomic E-state index is 10.0. The molecule has 2 aliphatic rings. The number of hydrogen-bond acceptors (Lipinski definition) is 6. The van der Waals surface area contributed by atoms with E-state index in [1.165, 1.54) is 44.9 Å². The van der Waals surface area contributed by atoms with Gasteiger partial charge in [-0.3, -0.25) is 0 Å². The molecule has 0 aliphatic carbocycles. The predicted octanol–water partition coefficient (Wildman–Crippen LogP) is 2.09. The molecule has 0 amide bonds. The largest absolute Gasteiger partial charge is 0.387 e. The Hall–Kier alpha value is -0.240. The molecule has 0 radical (unpaired) electrons. The Kier molecular flexibility index (Phi) is 8.94. The molecule has 24 heavy (non-hydrogen) atoms. The molecule has 6 heteroatoms. The van der Waals surface area contributed by atoms with Crippen LogP contribution in [-0.2, 0) is 14.2 Å². The van der Waals surface area contributed by atoms with Crippen LogP contribution >= 0.6 is 0 Å². The van der Waals surface area contributed by atoms with Crippen molar-refractivity contribution in [3.63, 3.8) is 0 Å². The number of ether oxygens (including phenoxy) is 3. The van der Waals surface area contributed by atoms with E-state index in [1.54, 1.807) is 0 Å². The van der Waals surface area contributed by atoms with E-state index in [0.717, 1.165) is 19.3 Å². The maximum atomic E-state index is 10.0. The van der Waals surface area contributed by atoms with Crippen LogP contribution in [0.1, 0.15) is 71.1 Å². The highest BCUT2D eigenvalue weighted by atomic mass is 16.7. The molecule has 6 nitrogen and oxygen atoms in total. The topological polar surface area (TPSA) is 88.4 Å². The molecular weight excluding hydrogens is 312 g/mol. The van der Waals surface area contributed by atoms with E-state index in [1.807, 2.05) is 0 Å². The molecule has 1 unspecified atom stereocenters. The second kappa shape index (κ2) is 10.7. The van der Waals surface area contributed by atoms with Gasteiger partial charge in [0.05, 0.1) is 6.61 Å². The summed E-state index contributed by atoms with van der Waals surface area (Å²) in [6.07, 6.45) is 6.76. The van der Waals surface area contributed by atoms with Crippen molar-refractivity contribution in [3.05, 3.63) is 0 Å². The number of unbranched alkanes of at least 4 members (excludes halogenated alkanes) is 8. The Morgan fingerprint density at radius 1 is 0.792 bits per heavy atom. The first-order valence-corrected chi connectivity index (χ1v) is 9.60. The van der Waals surface area contributed by atoms with E-state index in [0.29, 0.717) is 0 Å². The highest BCUT2D eigenvalue weighted by molar-refractivity contribution is 4.91. The lowest BCUT2D eigenvalue weighted by molar-refractivity contribution is -0.352. The minimum atomic E-state index is -1.39. The number of aliphatic hydroxyl groups excluding tert-OH is 3. The Balaban J connectivity index is 1.55. The predicted molar refractivity (Wildman–Crippen MR) is 89.4 cm³/mol. The zero-order valence-electron chi connectivity index (χ0n) is 14.8. The van der Waals surface area contributed by atoms with E-state index >= 15 is 0 Å². The molecule has 0 saturated carbocycles. The molecule has 3 N–H and O–H groups in total. The number of rotatable bonds is 10. The third-order valence-corrected chi connectivity index (χ3v) is 4.96. The molecule has 0 aromatic heterocycles. The molecule has 0 bridgehead atoms. The van der Waals surface area contributed by atoms with Gasteiger partial charge in [0.2, 0.25) is 0 Å². The molecule has 2 fully saturated rings. The monoisotopic (exact) mass is 346 g/mol. The minimum Gasteiger partial charge on any atom is -0.387 e. The van der Waals surface area contributed by atoms with Gasteiger partial charge in [-0.1, -0.05) is 58.3 Å². The molecule has 0 aromatic rings. The summed E-state index contributed by atoms with van der Waals surface area (Å²) >= 11 is 0. The van der Waals surface area contributed by atoms with Crippen LogP contribution in [0.25, 0.3) is 0 Å². The summed E-state index contributed by atoms with van der Waals surface area (Å²) < 4.78 is 16.5. The summed E-state index contributed by atoms with van der Waals surface area (Å²) in [6.45, 7) is 2.51. The second-order valence-corrected chi connectivity index (χ2v) is 7.03. The lowest BCUT2D eigenvalue weighted by Gasteiger charge is -2.45. The van der Waals surface area contributed by atoms with Gasteiger partial charge in [0, 0.05) is 0 Å². The summed E-state index contributed by atoms with van der Waals surface area (Å²) in [4.78, 5) is 0. The van der Waals surface area contributed by atoms with Gasteiger partial charge in [-0.15, -0.1) is 0 Å². The first kappa shape index (κ1) is 20.1. The Morgan fingerprint density at radius 2 is 1.42 bits per heavy atom. The third-order valence-electron chi connectivity index (χ3n) is 4.96. The minimum absolute atomic E-state index is 0.271. The van der Waals surface area contributed by atoms with Crippen LogP contribution < -0.4 is 0 Å². The number of aliphatic hydroxyl groups is 3. The zero-order chi connectivity index (χ0) is 17.4. The van der Waals surface area contributed by atoms with Gasteiger partial charge in [0.1, 0.15) is 24.4 Å². The van der Waals surface area contributed by atoms with E-state index in [9.17, 15) is 15.3 Å². The first-order valence-electron chi connectivity index (χ1n) is 9.60. The molecule has 2 heterocycles. The quantitative estimate of drug-likeness (QED) is 0.525.